The van der Waals surface area contributed by atoms with Crippen molar-refractivity contribution in [3.63, 3.8) is 0 Å². The van der Waals surface area contributed by atoms with Crippen molar-refractivity contribution in [2.24, 2.45) is 0 Å². The summed E-state index contributed by atoms with van der Waals surface area (Å²) in [5.74, 6) is -0.502. The first-order valence-electron chi connectivity index (χ1n) is 14.5. The number of amides is 3. The van der Waals surface area contributed by atoms with E-state index in [9.17, 15) is 38.5 Å². The van der Waals surface area contributed by atoms with Gasteiger partial charge in [0.15, 0.2) is 0 Å². The quantitative estimate of drug-likeness (QED) is 0.0920. The molecule has 0 aliphatic carbocycles. The van der Waals surface area contributed by atoms with E-state index in [1.54, 1.807) is 0 Å². The minimum atomic E-state index is -4.38. The Morgan fingerprint density at radius 2 is 1.78 bits per heavy atom. The van der Waals surface area contributed by atoms with Crippen molar-refractivity contribution in [2.75, 3.05) is 34.5 Å². The molecule has 0 aromatic carbocycles. The number of ether oxygens (including phenoxy) is 3. The lowest BCUT2D eigenvalue weighted by atomic mass is 10.0. The van der Waals surface area contributed by atoms with Crippen molar-refractivity contribution >= 4 is 25.9 Å². The molecule has 1 aliphatic heterocycles. The van der Waals surface area contributed by atoms with Crippen molar-refractivity contribution in [1.29, 1.82) is 0 Å². The number of hydrogen-bond donors (Lipinski definition) is 6. The molecule has 256 valence electrons. The average molecular weight is 666 g/mol. The van der Waals surface area contributed by atoms with Crippen LogP contribution in [-0.4, -0.2) is 96.4 Å². The topological polar surface area (TPSA) is 246 Å². The Morgan fingerprint density at radius 3 is 2.40 bits per heavy atom. The molecule has 1 aromatic heterocycles. The van der Waals surface area contributed by atoms with Gasteiger partial charge in [-0.25, -0.2) is 18.9 Å². The van der Waals surface area contributed by atoms with E-state index >= 15 is 0 Å². The number of aromatic amines is 1. The van der Waals surface area contributed by atoms with Gasteiger partial charge >= 0.3 is 25.7 Å². The zero-order valence-corrected chi connectivity index (χ0v) is 26.7. The van der Waals surface area contributed by atoms with Crippen LogP contribution in [0.25, 0.3) is 0 Å². The fourth-order valence-electron chi connectivity index (χ4n) is 4.77. The highest BCUT2D eigenvalue weighted by atomic mass is 31.2. The van der Waals surface area contributed by atoms with E-state index in [1.807, 2.05) is 6.92 Å². The maximum absolute atomic E-state index is 12.9. The normalized spacial score (nSPS) is 20.4. The number of nitrogens with one attached hydrogen (secondary N) is 4. The summed E-state index contributed by atoms with van der Waals surface area (Å²) < 4.78 is 37.3. The summed E-state index contributed by atoms with van der Waals surface area (Å²) in [5, 5.41) is 17.4. The van der Waals surface area contributed by atoms with Crippen LogP contribution in [0.1, 0.15) is 63.7 Å². The third-order valence-electron chi connectivity index (χ3n) is 7.12. The Kier molecular flexibility index (Phi) is 15.7. The van der Waals surface area contributed by atoms with E-state index in [0.717, 1.165) is 18.8 Å². The number of phosphoric ester groups is 1. The lowest BCUT2D eigenvalue weighted by Gasteiger charge is -2.27. The first-order chi connectivity index (χ1) is 21.4. The number of H-pyrrole nitrogens is 1. The van der Waals surface area contributed by atoms with Crippen molar-refractivity contribution in [2.45, 2.75) is 88.8 Å². The van der Waals surface area contributed by atoms with Gasteiger partial charge in [0, 0.05) is 31.8 Å². The van der Waals surface area contributed by atoms with E-state index < -0.39 is 74.3 Å². The van der Waals surface area contributed by atoms with E-state index in [1.165, 1.54) is 13.3 Å². The van der Waals surface area contributed by atoms with Crippen molar-refractivity contribution in [3.05, 3.63) is 32.6 Å². The molecule has 1 saturated heterocycles. The number of aromatic nitrogens is 2. The number of carbonyl (C=O) groups excluding carboxylic acids is 3. The molecule has 19 heteroatoms. The molecule has 3 amide bonds. The van der Waals surface area contributed by atoms with Crippen LogP contribution in [0.2, 0.25) is 0 Å². The van der Waals surface area contributed by atoms with Crippen LogP contribution in [0.5, 0.6) is 0 Å². The predicted molar refractivity (Wildman–Crippen MR) is 157 cm³/mol. The van der Waals surface area contributed by atoms with E-state index in [4.69, 9.17) is 9.26 Å². The van der Waals surface area contributed by atoms with Crippen LogP contribution in [0.4, 0.5) is 9.59 Å². The number of unbranched alkanes of at least 4 members (excludes halogenated alkanes) is 3. The van der Waals surface area contributed by atoms with Gasteiger partial charge in [-0.3, -0.25) is 28.2 Å². The molecule has 45 heavy (non-hydrogen) atoms. The SMILES string of the molecule is CCCC(NC(=O)OC)C(NC(=O)OC)C(=O)NCCCCCCc1cn([C@@H]2C[C@H](OP(=O)(O)OC)[C@H](CO)O2)c(=O)[nH]c1=O. The summed E-state index contributed by atoms with van der Waals surface area (Å²) in [6.45, 7) is 1.61. The zero-order valence-electron chi connectivity index (χ0n) is 25.8. The highest BCUT2D eigenvalue weighted by molar-refractivity contribution is 7.47. The maximum Gasteiger partial charge on any atom is 0.472 e. The number of carbonyl (C=O) groups is 3. The molecule has 6 N–H and O–H groups in total. The van der Waals surface area contributed by atoms with Gasteiger partial charge in [-0.1, -0.05) is 26.2 Å². The van der Waals surface area contributed by atoms with Gasteiger partial charge in [0.1, 0.15) is 24.5 Å². The number of aliphatic hydroxyl groups excluding tert-OH is 1. The van der Waals surface area contributed by atoms with E-state index in [0.29, 0.717) is 57.1 Å². The van der Waals surface area contributed by atoms with Crippen molar-refractivity contribution in [1.82, 2.24) is 25.5 Å². The summed E-state index contributed by atoms with van der Waals surface area (Å²) in [4.78, 5) is 73.3. The standard InChI is InChI=1S/C26H44N5O13P/c1-5-10-17(28-25(36)40-2)21(29-26(37)41-3)23(34)27-12-9-7-6-8-11-16-14-31(24(35)30-22(16)33)20-13-18(19(15-32)43-20)44-45(38,39)42-4/h14,17-21,32H,5-13,15H2,1-4H3,(H,27,34)(H,28,36)(H,29,37)(H,38,39)(H,30,33,35)/t17?,18-,19-,20-,21?/m0/s1. The van der Waals surface area contributed by atoms with Crippen LogP contribution in [0, 0.1) is 0 Å². The van der Waals surface area contributed by atoms with Crippen LogP contribution in [0.15, 0.2) is 15.8 Å². The molecule has 1 aliphatic rings. The average Bonchev–Trinajstić information content (AvgIpc) is 3.41. The van der Waals surface area contributed by atoms with Crippen LogP contribution in [0.3, 0.4) is 0 Å². The lowest BCUT2D eigenvalue weighted by Crippen LogP contribution is -2.58. The summed E-state index contributed by atoms with van der Waals surface area (Å²) >= 11 is 0. The number of methoxy groups -OCH3 is 2. The third-order valence-corrected chi connectivity index (χ3v) is 8.11. The lowest BCUT2D eigenvalue weighted by molar-refractivity contribution is -0.123. The van der Waals surface area contributed by atoms with Crippen LogP contribution in [-0.2, 0) is 39.0 Å². The first-order valence-corrected chi connectivity index (χ1v) is 16.0. The van der Waals surface area contributed by atoms with Gasteiger partial charge in [-0.05, 0) is 25.7 Å². The molecule has 3 unspecified atom stereocenters. The number of alkyl carbamates (subject to hydrolysis) is 2. The Bertz CT molecular complexity index is 1290. The molecular weight excluding hydrogens is 621 g/mol. The van der Waals surface area contributed by atoms with Crippen molar-refractivity contribution < 1.29 is 52.2 Å². The van der Waals surface area contributed by atoms with E-state index in [-0.39, 0.29) is 6.42 Å². The Hall–Kier alpha value is -3.28. The third kappa shape index (κ3) is 11.9. The van der Waals surface area contributed by atoms with Gasteiger partial charge < -0.3 is 40.2 Å². The highest BCUT2D eigenvalue weighted by Crippen LogP contribution is 2.47. The number of aliphatic hydroxyl groups is 1. The highest BCUT2D eigenvalue weighted by Gasteiger charge is 2.41. The minimum absolute atomic E-state index is 0.0514. The molecule has 1 aromatic rings. The summed E-state index contributed by atoms with van der Waals surface area (Å²) in [6, 6.07) is -1.82. The molecule has 1 fully saturated rings. The number of phosphoric acid groups is 1. The van der Waals surface area contributed by atoms with Crippen LogP contribution < -0.4 is 27.2 Å². The number of rotatable bonds is 18. The second-order valence-electron chi connectivity index (χ2n) is 10.3. The number of aryl methyl sites for hydroxylation is 1. The molecule has 2 rings (SSSR count). The maximum atomic E-state index is 12.9. The zero-order chi connectivity index (χ0) is 33.6. The molecule has 18 nitrogen and oxygen atoms in total. The van der Waals surface area contributed by atoms with Gasteiger partial charge in [0.25, 0.3) is 5.56 Å². The molecule has 0 radical (unpaired) electrons. The molecule has 0 bridgehead atoms. The minimum Gasteiger partial charge on any atom is -0.453 e. The smallest absolute Gasteiger partial charge is 0.453 e. The monoisotopic (exact) mass is 665 g/mol. The summed E-state index contributed by atoms with van der Waals surface area (Å²) in [5.41, 5.74) is -0.986. The molecule has 6 atom stereocenters. The van der Waals surface area contributed by atoms with Gasteiger partial charge in [-0.2, -0.15) is 0 Å². The Balaban J connectivity index is 1.91. The predicted octanol–water partition coefficient (Wildman–Crippen LogP) is 0.417. The van der Waals surface area contributed by atoms with Gasteiger partial charge in [-0.15, -0.1) is 0 Å². The van der Waals surface area contributed by atoms with Crippen LogP contribution >= 0.6 is 7.82 Å². The second-order valence-corrected chi connectivity index (χ2v) is 11.8. The Labute approximate surface area is 259 Å². The largest absolute Gasteiger partial charge is 0.472 e. The Morgan fingerprint density at radius 1 is 1.11 bits per heavy atom. The number of hydrogen-bond acceptors (Lipinski definition) is 12. The van der Waals surface area contributed by atoms with Gasteiger partial charge in [0.05, 0.1) is 26.9 Å². The molecule has 0 spiro atoms. The fraction of sp³-hybridized carbons (Fsp3) is 0.731. The summed E-state index contributed by atoms with van der Waals surface area (Å²) in [6.07, 6.45) is 0.639. The molecule has 0 saturated carbocycles. The van der Waals surface area contributed by atoms with Crippen molar-refractivity contribution in [3.8, 4) is 0 Å². The second kappa shape index (κ2) is 18.6. The molecule has 2 heterocycles. The number of nitrogens with zero attached hydrogens (tertiary/aromatic N) is 1. The van der Waals surface area contributed by atoms with Gasteiger partial charge in [0.2, 0.25) is 5.91 Å². The molecular formula is C26H44N5O13P. The summed E-state index contributed by atoms with van der Waals surface area (Å²) in [7, 11) is -1.03. The fourth-order valence-corrected chi connectivity index (χ4v) is 5.42. The van der Waals surface area contributed by atoms with E-state index in [2.05, 4.69) is 34.9 Å². The first kappa shape index (κ1) is 37.9.